The number of benzene rings is 3. The Labute approximate surface area is 194 Å². The Morgan fingerprint density at radius 2 is 1.55 bits per heavy atom. The van der Waals surface area contributed by atoms with E-state index in [2.05, 4.69) is 10.2 Å². The van der Waals surface area contributed by atoms with Crippen LogP contribution in [0.1, 0.15) is 37.9 Å². The van der Waals surface area contributed by atoms with Gasteiger partial charge in [0.1, 0.15) is 5.75 Å². The van der Waals surface area contributed by atoms with Crippen molar-refractivity contribution in [3.05, 3.63) is 101 Å². The molecule has 1 aliphatic rings. The summed E-state index contributed by atoms with van der Waals surface area (Å²) in [6.45, 7) is 3.31. The fraction of sp³-hybridized carbons (Fsp3) is 0.259. The Hall–Kier alpha value is -3.48. The van der Waals surface area contributed by atoms with Crippen LogP contribution in [0.2, 0.25) is 0 Å². The number of hydrogen-bond donors (Lipinski definition) is 1. The van der Waals surface area contributed by atoms with Crippen molar-refractivity contribution in [3.8, 4) is 5.75 Å². The molecule has 0 bridgehead atoms. The van der Waals surface area contributed by atoms with Gasteiger partial charge in [0.2, 0.25) is 0 Å². The van der Waals surface area contributed by atoms with Gasteiger partial charge in [-0.1, -0.05) is 60.7 Å². The number of nitrogens with zero attached hydrogens (tertiary/aromatic N) is 1. The summed E-state index contributed by atoms with van der Waals surface area (Å²) in [5.74, 6) is 0.361. The van der Waals surface area contributed by atoms with Crippen LogP contribution in [0.5, 0.6) is 5.75 Å². The molecule has 1 saturated heterocycles. The minimum absolute atomic E-state index is 0.0132. The first-order chi connectivity index (χ1) is 16.2. The molecule has 0 aliphatic carbocycles. The molecule has 4 rings (SSSR count). The quantitative estimate of drug-likeness (QED) is 0.537. The molecular formula is C27H28N2O4. The van der Waals surface area contributed by atoms with Crippen LogP contribution in [0.3, 0.4) is 0 Å². The first kappa shape index (κ1) is 22.7. The van der Waals surface area contributed by atoms with E-state index in [1.807, 2.05) is 42.5 Å². The van der Waals surface area contributed by atoms with Gasteiger partial charge in [-0.05, 0) is 23.8 Å². The molecule has 170 valence electrons. The summed E-state index contributed by atoms with van der Waals surface area (Å²) in [6, 6.07) is 23.9. The van der Waals surface area contributed by atoms with Crippen molar-refractivity contribution in [1.29, 1.82) is 0 Å². The summed E-state index contributed by atoms with van der Waals surface area (Å²) in [7, 11) is 1.64. The van der Waals surface area contributed by atoms with E-state index in [0.717, 1.165) is 24.4 Å². The van der Waals surface area contributed by atoms with Gasteiger partial charge in [-0.25, -0.2) is 0 Å². The highest BCUT2D eigenvalue weighted by atomic mass is 16.5. The largest absolute Gasteiger partial charge is 0.497 e. The lowest BCUT2D eigenvalue weighted by molar-refractivity contribution is 0.0162. The SMILES string of the molecule is COc1ccc(C(CNC(=O)c2ccccc2C(=O)c2ccccc2)N2CCOCC2)cc1. The van der Waals surface area contributed by atoms with Crippen LogP contribution >= 0.6 is 0 Å². The Kier molecular flexibility index (Phi) is 7.50. The molecular weight excluding hydrogens is 416 g/mol. The Morgan fingerprint density at radius 1 is 0.909 bits per heavy atom. The van der Waals surface area contributed by atoms with E-state index < -0.39 is 0 Å². The van der Waals surface area contributed by atoms with Crippen molar-refractivity contribution in [2.45, 2.75) is 6.04 Å². The number of methoxy groups -OCH3 is 1. The maximum Gasteiger partial charge on any atom is 0.252 e. The number of morpholine rings is 1. The van der Waals surface area contributed by atoms with Crippen LogP contribution in [0.25, 0.3) is 0 Å². The highest BCUT2D eigenvalue weighted by Crippen LogP contribution is 2.24. The third kappa shape index (κ3) is 5.48. The normalized spacial score (nSPS) is 14.9. The zero-order valence-electron chi connectivity index (χ0n) is 18.7. The molecule has 3 aromatic rings. The molecule has 1 atom stereocenters. The van der Waals surface area contributed by atoms with Crippen molar-refractivity contribution >= 4 is 11.7 Å². The summed E-state index contributed by atoms with van der Waals surface area (Å²) in [5, 5.41) is 3.07. The molecule has 1 aliphatic heterocycles. The Bertz CT molecular complexity index is 1080. The van der Waals surface area contributed by atoms with E-state index in [0.29, 0.717) is 36.4 Å². The predicted octanol–water partition coefficient (Wildman–Crippen LogP) is 3.73. The molecule has 0 radical (unpaired) electrons. The fourth-order valence-corrected chi connectivity index (χ4v) is 4.08. The third-order valence-electron chi connectivity index (χ3n) is 5.90. The highest BCUT2D eigenvalue weighted by Gasteiger charge is 2.24. The number of carbonyl (C=O) groups excluding carboxylic acids is 2. The van der Waals surface area contributed by atoms with E-state index in [1.54, 1.807) is 43.5 Å². The Morgan fingerprint density at radius 3 is 2.21 bits per heavy atom. The molecule has 3 aromatic carbocycles. The molecule has 0 saturated carbocycles. The molecule has 1 fully saturated rings. The van der Waals surface area contributed by atoms with Crippen molar-refractivity contribution in [3.63, 3.8) is 0 Å². The van der Waals surface area contributed by atoms with Crippen LogP contribution in [0.4, 0.5) is 0 Å². The van der Waals surface area contributed by atoms with Crippen molar-refractivity contribution < 1.29 is 19.1 Å². The van der Waals surface area contributed by atoms with Gasteiger partial charge in [-0.3, -0.25) is 14.5 Å². The molecule has 1 amide bonds. The number of amides is 1. The van der Waals surface area contributed by atoms with Crippen LogP contribution in [0.15, 0.2) is 78.9 Å². The smallest absolute Gasteiger partial charge is 0.252 e. The minimum Gasteiger partial charge on any atom is -0.497 e. The second-order valence-electron chi connectivity index (χ2n) is 7.89. The van der Waals surface area contributed by atoms with Crippen LogP contribution in [0, 0.1) is 0 Å². The zero-order chi connectivity index (χ0) is 23.0. The lowest BCUT2D eigenvalue weighted by Crippen LogP contribution is -2.44. The summed E-state index contributed by atoms with van der Waals surface area (Å²) in [5.41, 5.74) is 2.42. The van der Waals surface area contributed by atoms with Gasteiger partial charge in [0, 0.05) is 30.8 Å². The molecule has 6 heteroatoms. The van der Waals surface area contributed by atoms with E-state index in [4.69, 9.17) is 9.47 Å². The molecule has 33 heavy (non-hydrogen) atoms. The van der Waals surface area contributed by atoms with Crippen LogP contribution in [-0.2, 0) is 4.74 Å². The number of hydrogen-bond acceptors (Lipinski definition) is 5. The molecule has 0 aromatic heterocycles. The summed E-state index contributed by atoms with van der Waals surface area (Å²) in [6.07, 6.45) is 0. The van der Waals surface area contributed by atoms with Gasteiger partial charge < -0.3 is 14.8 Å². The average Bonchev–Trinajstić information content (AvgIpc) is 2.89. The summed E-state index contributed by atoms with van der Waals surface area (Å²) in [4.78, 5) is 28.5. The molecule has 1 heterocycles. The Balaban J connectivity index is 1.53. The first-order valence-electron chi connectivity index (χ1n) is 11.1. The molecule has 0 spiro atoms. The number of carbonyl (C=O) groups is 2. The maximum atomic E-state index is 13.2. The topological polar surface area (TPSA) is 67.9 Å². The summed E-state index contributed by atoms with van der Waals surface area (Å²) >= 11 is 0. The lowest BCUT2D eigenvalue weighted by Gasteiger charge is -2.35. The van der Waals surface area contributed by atoms with Gasteiger partial charge in [0.15, 0.2) is 5.78 Å². The van der Waals surface area contributed by atoms with E-state index in [-0.39, 0.29) is 17.7 Å². The second-order valence-corrected chi connectivity index (χ2v) is 7.89. The van der Waals surface area contributed by atoms with E-state index in [9.17, 15) is 9.59 Å². The van der Waals surface area contributed by atoms with Gasteiger partial charge in [-0.15, -0.1) is 0 Å². The lowest BCUT2D eigenvalue weighted by atomic mass is 9.97. The van der Waals surface area contributed by atoms with Gasteiger partial charge in [0.25, 0.3) is 5.91 Å². The van der Waals surface area contributed by atoms with E-state index >= 15 is 0 Å². The zero-order valence-corrected chi connectivity index (χ0v) is 18.7. The highest BCUT2D eigenvalue weighted by molar-refractivity contribution is 6.15. The summed E-state index contributed by atoms with van der Waals surface area (Å²) < 4.78 is 10.8. The van der Waals surface area contributed by atoms with Gasteiger partial charge in [-0.2, -0.15) is 0 Å². The second kappa shape index (κ2) is 10.9. The fourth-order valence-electron chi connectivity index (χ4n) is 4.08. The minimum atomic E-state index is -0.262. The monoisotopic (exact) mass is 444 g/mol. The number of ether oxygens (including phenoxy) is 2. The van der Waals surface area contributed by atoms with Crippen molar-refractivity contribution in [2.24, 2.45) is 0 Å². The number of nitrogens with one attached hydrogen (secondary N) is 1. The average molecular weight is 445 g/mol. The van der Waals surface area contributed by atoms with Gasteiger partial charge in [0.05, 0.1) is 31.9 Å². The molecule has 1 N–H and O–H groups in total. The van der Waals surface area contributed by atoms with Crippen LogP contribution < -0.4 is 10.1 Å². The van der Waals surface area contributed by atoms with Crippen LogP contribution in [-0.4, -0.2) is 56.5 Å². The number of rotatable bonds is 8. The number of ketones is 1. The van der Waals surface area contributed by atoms with Gasteiger partial charge >= 0.3 is 0 Å². The molecule has 6 nitrogen and oxygen atoms in total. The third-order valence-corrected chi connectivity index (χ3v) is 5.90. The predicted molar refractivity (Wildman–Crippen MR) is 127 cm³/mol. The standard InChI is InChI=1S/C27H28N2O4/c1-32-22-13-11-20(12-14-22)25(29-15-17-33-18-16-29)19-28-27(31)24-10-6-5-9-23(24)26(30)21-7-3-2-4-8-21/h2-14,25H,15-19H2,1H3,(H,28,31). The first-order valence-corrected chi connectivity index (χ1v) is 11.1. The molecule has 1 unspecified atom stereocenters. The maximum absolute atomic E-state index is 13.2. The van der Waals surface area contributed by atoms with Crippen molar-refractivity contribution in [1.82, 2.24) is 10.2 Å². The van der Waals surface area contributed by atoms with Crippen molar-refractivity contribution in [2.75, 3.05) is 40.0 Å². The van der Waals surface area contributed by atoms with E-state index in [1.165, 1.54) is 0 Å².